The summed E-state index contributed by atoms with van der Waals surface area (Å²) < 4.78 is 2.08. The lowest BCUT2D eigenvalue weighted by molar-refractivity contribution is -0.140. The molecular weight excluding hydrogens is 445 g/mol. The first-order valence-corrected chi connectivity index (χ1v) is 11.4. The van der Waals surface area contributed by atoms with Gasteiger partial charge in [-0.05, 0) is 42.0 Å². The van der Waals surface area contributed by atoms with E-state index in [1.165, 1.54) is 0 Å². The topological polar surface area (TPSA) is 54.7 Å². The van der Waals surface area contributed by atoms with Crippen LogP contribution in [0.5, 0.6) is 0 Å². The van der Waals surface area contributed by atoms with E-state index < -0.39 is 0 Å². The van der Waals surface area contributed by atoms with Crippen LogP contribution in [0.4, 0.5) is 0 Å². The second-order valence-electron chi connectivity index (χ2n) is 8.70. The van der Waals surface area contributed by atoms with E-state index in [1.807, 2.05) is 42.6 Å². The Morgan fingerprint density at radius 2 is 1.72 bits per heavy atom. The summed E-state index contributed by atoms with van der Waals surface area (Å²) >= 11 is 12.4. The van der Waals surface area contributed by atoms with Crippen molar-refractivity contribution in [3.8, 4) is 0 Å². The van der Waals surface area contributed by atoms with Crippen LogP contribution in [0.2, 0.25) is 10.0 Å². The van der Waals surface area contributed by atoms with Gasteiger partial charge in [0.05, 0.1) is 18.1 Å². The number of rotatable bonds is 4. The zero-order valence-electron chi connectivity index (χ0n) is 17.0. The minimum Gasteiger partial charge on any atom is -0.342 e. The van der Waals surface area contributed by atoms with Crippen molar-refractivity contribution in [1.29, 1.82) is 0 Å². The number of hydrazone groups is 1. The lowest BCUT2D eigenvalue weighted by Crippen LogP contribution is -2.28. The summed E-state index contributed by atoms with van der Waals surface area (Å²) in [4.78, 5) is 25.8. The van der Waals surface area contributed by atoms with Crippen LogP contribution < -0.4 is 0 Å². The Labute approximate surface area is 194 Å². The average molecular weight is 464 g/mol. The number of halogens is 2. The molecule has 160 valence electrons. The fourth-order valence-corrected chi connectivity index (χ4v) is 5.93. The summed E-state index contributed by atoms with van der Waals surface area (Å²) in [5.41, 5.74) is 2.80. The molecule has 32 heavy (non-hydrogen) atoms. The summed E-state index contributed by atoms with van der Waals surface area (Å²) in [6, 6.07) is 13.4. The van der Waals surface area contributed by atoms with Crippen molar-refractivity contribution in [2.45, 2.75) is 13.0 Å². The number of carbonyl (C=O) groups excluding carboxylic acids is 2. The smallest absolute Gasteiger partial charge is 0.254 e. The van der Waals surface area contributed by atoms with Gasteiger partial charge in [-0.3, -0.25) is 9.59 Å². The molecule has 1 aromatic heterocycles. The van der Waals surface area contributed by atoms with E-state index in [2.05, 4.69) is 21.8 Å². The molecule has 2 bridgehead atoms. The van der Waals surface area contributed by atoms with Crippen LogP contribution >= 0.6 is 23.2 Å². The predicted octanol–water partition coefficient (Wildman–Crippen LogP) is 5.14. The van der Waals surface area contributed by atoms with E-state index in [0.717, 1.165) is 33.5 Å². The van der Waals surface area contributed by atoms with Gasteiger partial charge in [0.25, 0.3) is 11.8 Å². The Balaban J connectivity index is 1.32. The number of para-hydroxylation sites is 1. The van der Waals surface area contributed by atoms with Crippen LogP contribution in [0.3, 0.4) is 0 Å². The van der Waals surface area contributed by atoms with Gasteiger partial charge in [-0.25, -0.2) is 0 Å². The normalized spacial score (nSPS) is 26.2. The molecule has 2 heterocycles. The van der Waals surface area contributed by atoms with Crippen LogP contribution in [-0.4, -0.2) is 27.6 Å². The zero-order chi connectivity index (χ0) is 22.0. The molecule has 0 radical (unpaired) electrons. The lowest BCUT2D eigenvalue weighted by atomic mass is 9.85. The molecule has 2 aromatic carbocycles. The van der Waals surface area contributed by atoms with Crippen molar-refractivity contribution in [3.05, 3.63) is 82.0 Å². The van der Waals surface area contributed by atoms with E-state index in [0.29, 0.717) is 16.6 Å². The van der Waals surface area contributed by atoms with E-state index in [-0.39, 0.29) is 35.5 Å². The molecule has 1 saturated heterocycles. The fraction of sp³-hybridized carbons (Fsp3) is 0.240. The van der Waals surface area contributed by atoms with E-state index >= 15 is 0 Å². The van der Waals surface area contributed by atoms with Gasteiger partial charge < -0.3 is 4.57 Å². The summed E-state index contributed by atoms with van der Waals surface area (Å²) in [6.07, 6.45) is 8.66. The third-order valence-electron chi connectivity index (χ3n) is 6.93. The van der Waals surface area contributed by atoms with Gasteiger partial charge in [-0.2, -0.15) is 10.1 Å². The molecule has 6 rings (SSSR count). The molecule has 0 unspecified atom stereocenters. The number of carbonyl (C=O) groups is 2. The molecule has 2 fully saturated rings. The highest BCUT2D eigenvalue weighted by Crippen LogP contribution is 2.52. The maximum Gasteiger partial charge on any atom is 0.254 e. The Bertz CT molecular complexity index is 1310. The molecule has 7 heteroatoms. The van der Waals surface area contributed by atoms with Crippen LogP contribution in [0.25, 0.3) is 10.9 Å². The number of benzene rings is 2. The quantitative estimate of drug-likeness (QED) is 0.305. The van der Waals surface area contributed by atoms with Crippen LogP contribution in [0.15, 0.2) is 65.9 Å². The monoisotopic (exact) mass is 463 g/mol. The van der Waals surface area contributed by atoms with Crippen molar-refractivity contribution in [2.24, 2.45) is 28.8 Å². The molecule has 1 saturated carbocycles. The second-order valence-corrected chi connectivity index (χ2v) is 9.54. The van der Waals surface area contributed by atoms with Gasteiger partial charge in [0.1, 0.15) is 0 Å². The highest BCUT2D eigenvalue weighted by atomic mass is 35.5. The maximum atomic E-state index is 12.9. The summed E-state index contributed by atoms with van der Waals surface area (Å²) in [5.74, 6) is -0.499. The van der Waals surface area contributed by atoms with E-state index in [4.69, 9.17) is 23.2 Å². The number of nitrogens with zero attached hydrogens (tertiary/aromatic N) is 3. The first-order valence-electron chi connectivity index (χ1n) is 10.6. The number of hydrogen-bond acceptors (Lipinski definition) is 3. The number of aromatic nitrogens is 1. The summed E-state index contributed by atoms with van der Waals surface area (Å²) in [7, 11) is 0. The molecule has 1 aliphatic heterocycles. The largest absolute Gasteiger partial charge is 0.342 e. The predicted molar refractivity (Wildman–Crippen MR) is 125 cm³/mol. The molecule has 2 amide bonds. The zero-order valence-corrected chi connectivity index (χ0v) is 18.5. The van der Waals surface area contributed by atoms with Crippen molar-refractivity contribution < 1.29 is 9.59 Å². The summed E-state index contributed by atoms with van der Waals surface area (Å²) in [6.45, 7) is 0.561. The van der Waals surface area contributed by atoms with Gasteiger partial charge in [-0.1, -0.05) is 59.6 Å². The minimum atomic E-state index is -0.247. The summed E-state index contributed by atoms with van der Waals surface area (Å²) in [5, 5.41) is 7.63. The Kier molecular flexibility index (Phi) is 4.52. The average Bonchev–Trinajstić information content (AvgIpc) is 3.53. The van der Waals surface area contributed by atoms with Crippen molar-refractivity contribution in [3.63, 3.8) is 0 Å². The first-order chi connectivity index (χ1) is 15.5. The number of allylic oxidation sites excluding steroid dienone is 2. The first kappa shape index (κ1) is 19.8. The SMILES string of the molecule is O=C1[C@@H]2[C@H](C(=O)N1N=Cc1cn(Cc3ccc(Cl)cc3Cl)c3ccccc13)[C@H]1C=C[C@H]2C1. The Morgan fingerprint density at radius 1 is 1.00 bits per heavy atom. The molecule has 3 aliphatic rings. The molecule has 4 atom stereocenters. The Hall–Kier alpha value is -2.89. The third-order valence-corrected chi connectivity index (χ3v) is 7.52. The van der Waals surface area contributed by atoms with E-state index in [9.17, 15) is 9.59 Å². The standard InChI is InChI=1S/C25H19Cl2N3O2/c26-18-8-7-16(20(27)10-18)12-29-13-17(19-3-1-2-4-21(19)29)11-28-30-24(31)22-14-5-6-15(9-14)23(22)25(30)32/h1-8,10-11,13-15,22-23H,9,12H2/t14-,15-,22-,23+/m0/s1. The fourth-order valence-electron chi connectivity index (χ4n) is 5.46. The number of hydrogen-bond donors (Lipinski definition) is 0. The van der Waals surface area contributed by atoms with Gasteiger partial charge in [-0.15, -0.1) is 0 Å². The van der Waals surface area contributed by atoms with Gasteiger partial charge in [0.2, 0.25) is 0 Å². The number of imide groups is 1. The van der Waals surface area contributed by atoms with Crippen molar-refractivity contribution >= 4 is 52.1 Å². The molecule has 0 spiro atoms. The van der Waals surface area contributed by atoms with Crippen molar-refractivity contribution in [2.75, 3.05) is 0 Å². The molecule has 3 aromatic rings. The minimum absolute atomic E-state index is 0.174. The van der Waals surface area contributed by atoms with Gasteiger partial charge in [0, 0.05) is 39.3 Å². The highest BCUT2D eigenvalue weighted by molar-refractivity contribution is 6.35. The molecule has 2 aliphatic carbocycles. The lowest BCUT2D eigenvalue weighted by Gasteiger charge is -2.13. The van der Waals surface area contributed by atoms with Gasteiger partial charge in [0.15, 0.2) is 0 Å². The van der Waals surface area contributed by atoms with Crippen LogP contribution in [-0.2, 0) is 16.1 Å². The van der Waals surface area contributed by atoms with Crippen LogP contribution in [0.1, 0.15) is 17.5 Å². The highest BCUT2D eigenvalue weighted by Gasteiger charge is 2.59. The number of fused-ring (bicyclic) bond motifs is 6. The van der Waals surface area contributed by atoms with Gasteiger partial charge >= 0.3 is 0 Å². The third kappa shape index (κ3) is 2.95. The maximum absolute atomic E-state index is 12.9. The second kappa shape index (κ2) is 7.32. The van der Waals surface area contributed by atoms with Crippen LogP contribution in [0, 0.1) is 23.7 Å². The Morgan fingerprint density at radius 3 is 2.44 bits per heavy atom. The van der Waals surface area contributed by atoms with Crippen molar-refractivity contribution in [1.82, 2.24) is 9.58 Å². The molecule has 5 nitrogen and oxygen atoms in total. The number of amides is 2. The molecule has 0 N–H and O–H groups in total. The van der Waals surface area contributed by atoms with E-state index in [1.54, 1.807) is 12.3 Å². The molecular formula is C25H19Cl2N3O2.